The first-order chi connectivity index (χ1) is 19.1. The summed E-state index contributed by atoms with van der Waals surface area (Å²) in [5.74, 6) is -0.535. The zero-order valence-electron chi connectivity index (χ0n) is 23.8. The van der Waals surface area contributed by atoms with Gasteiger partial charge in [-0.2, -0.15) is 0 Å². The van der Waals surface area contributed by atoms with E-state index in [1.807, 2.05) is 82.3 Å². The maximum atomic E-state index is 12.7. The number of fused-ring (bicyclic) bond motifs is 1. The van der Waals surface area contributed by atoms with Gasteiger partial charge in [0.25, 0.3) is 0 Å². The number of aromatic nitrogens is 3. The first-order valence-electron chi connectivity index (χ1n) is 12.8. The van der Waals surface area contributed by atoms with Crippen molar-refractivity contribution >= 4 is 45.8 Å². The molecule has 0 spiro atoms. The summed E-state index contributed by atoms with van der Waals surface area (Å²) in [5, 5.41) is 7.16. The largest absolute Gasteiger partial charge is 0.465 e. The zero-order chi connectivity index (χ0) is 29.0. The van der Waals surface area contributed by atoms with Gasteiger partial charge < -0.3 is 29.7 Å². The summed E-state index contributed by atoms with van der Waals surface area (Å²) in [5.41, 5.74) is 5.65. The zero-order valence-corrected chi connectivity index (χ0v) is 23.8. The maximum Gasteiger partial charge on any atom is 0.341 e. The standard InChI is InChI=1S/C30H35N7O3/c1-8-27(38)32-24-16-23(19(2)15-26(24)36(5)14-13-35(3)4)33-30-31-17-21(29(39)40-7)28(34-30)22-18-37(6)25-12-10-9-11-20(22)25/h8-12,15-18H,1,13-14H2,2-7H3,(H,32,38)(H,31,33,34). The topological polar surface area (TPSA) is 105 Å². The number of hydrogen-bond acceptors (Lipinski definition) is 8. The summed E-state index contributed by atoms with van der Waals surface area (Å²) in [7, 11) is 9.31. The second kappa shape index (κ2) is 12.0. The average molecular weight is 542 g/mol. The highest BCUT2D eigenvalue weighted by atomic mass is 16.5. The molecule has 208 valence electrons. The van der Waals surface area contributed by atoms with Crippen LogP contribution in [0.25, 0.3) is 22.2 Å². The van der Waals surface area contributed by atoms with Crippen LogP contribution < -0.4 is 15.5 Å². The van der Waals surface area contributed by atoms with E-state index in [9.17, 15) is 9.59 Å². The van der Waals surface area contributed by atoms with E-state index in [1.54, 1.807) is 0 Å². The Labute approximate surface area is 234 Å². The summed E-state index contributed by atoms with van der Waals surface area (Å²) in [6.45, 7) is 7.17. The van der Waals surface area contributed by atoms with Gasteiger partial charge in [-0.1, -0.05) is 24.8 Å². The van der Waals surface area contributed by atoms with Crippen molar-refractivity contribution in [2.75, 3.05) is 56.9 Å². The number of hydrogen-bond donors (Lipinski definition) is 2. The molecule has 0 saturated carbocycles. The van der Waals surface area contributed by atoms with Crippen LogP contribution >= 0.6 is 0 Å². The van der Waals surface area contributed by atoms with E-state index in [1.165, 1.54) is 19.4 Å². The third-order valence-electron chi connectivity index (χ3n) is 6.67. The molecule has 2 heterocycles. The van der Waals surface area contributed by atoms with E-state index in [4.69, 9.17) is 9.72 Å². The quantitative estimate of drug-likeness (QED) is 0.222. The first-order valence-corrected chi connectivity index (χ1v) is 12.8. The number of aryl methyl sites for hydroxylation is 2. The first kappa shape index (κ1) is 28.3. The summed E-state index contributed by atoms with van der Waals surface area (Å²) in [6.07, 6.45) is 4.65. The molecule has 0 saturated heterocycles. The van der Waals surface area contributed by atoms with Crippen LogP contribution in [-0.4, -0.2) is 72.7 Å². The summed E-state index contributed by atoms with van der Waals surface area (Å²) < 4.78 is 7.02. The van der Waals surface area contributed by atoms with Crippen LogP contribution in [0.15, 0.2) is 61.4 Å². The summed E-state index contributed by atoms with van der Waals surface area (Å²) in [6, 6.07) is 11.8. The van der Waals surface area contributed by atoms with Gasteiger partial charge in [-0.25, -0.2) is 14.8 Å². The Hall–Kier alpha value is -4.70. The lowest BCUT2D eigenvalue weighted by Gasteiger charge is -2.25. The Morgan fingerprint density at radius 2 is 1.88 bits per heavy atom. The normalized spacial score (nSPS) is 11.0. The molecule has 0 unspecified atom stereocenters. The Kier molecular flexibility index (Phi) is 8.49. The van der Waals surface area contributed by atoms with Crippen molar-refractivity contribution in [1.82, 2.24) is 19.4 Å². The molecular weight excluding hydrogens is 506 g/mol. The Bertz CT molecular complexity index is 1580. The van der Waals surface area contributed by atoms with Crippen molar-refractivity contribution in [3.8, 4) is 11.3 Å². The van der Waals surface area contributed by atoms with Gasteiger partial charge in [-0.3, -0.25) is 4.79 Å². The Morgan fingerprint density at radius 1 is 1.12 bits per heavy atom. The van der Waals surface area contributed by atoms with Crippen LogP contribution in [0.1, 0.15) is 15.9 Å². The van der Waals surface area contributed by atoms with Crippen molar-refractivity contribution < 1.29 is 14.3 Å². The molecule has 0 radical (unpaired) electrons. The SMILES string of the molecule is C=CC(=O)Nc1cc(Nc2ncc(C(=O)OC)c(-c3cn(C)c4ccccc34)n2)c(C)cc1N(C)CCN(C)C. The molecule has 4 rings (SSSR count). The molecule has 2 N–H and O–H groups in total. The van der Waals surface area contributed by atoms with Gasteiger partial charge in [0.1, 0.15) is 5.56 Å². The van der Waals surface area contributed by atoms with Crippen LogP contribution in [0.3, 0.4) is 0 Å². The molecule has 0 bridgehead atoms. The molecule has 4 aromatic rings. The number of nitrogens with zero attached hydrogens (tertiary/aromatic N) is 5. The molecule has 2 aromatic carbocycles. The lowest BCUT2D eigenvalue weighted by atomic mass is 10.1. The molecule has 0 aliphatic carbocycles. The van der Waals surface area contributed by atoms with E-state index in [0.29, 0.717) is 23.0 Å². The average Bonchev–Trinajstić information content (AvgIpc) is 3.29. The van der Waals surface area contributed by atoms with Gasteiger partial charge in [-0.05, 0) is 50.9 Å². The lowest BCUT2D eigenvalue weighted by molar-refractivity contribution is -0.111. The second-order valence-electron chi connectivity index (χ2n) is 9.85. The molecule has 10 nitrogen and oxygen atoms in total. The molecule has 10 heteroatoms. The maximum absolute atomic E-state index is 12.7. The van der Waals surface area contributed by atoms with E-state index >= 15 is 0 Å². The summed E-state index contributed by atoms with van der Waals surface area (Å²) in [4.78, 5) is 38.3. The molecule has 0 aliphatic rings. The number of nitrogens with one attached hydrogen (secondary N) is 2. The van der Waals surface area contributed by atoms with E-state index in [0.717, 1.165) is 40.8 Å². The van der Waals surface area contributed by atoms with Crippen LogP contribution in [-0.2, 0) is 16.6 Å². The van der Waals surface area contributed by atoms with Crippen LogP contribution in [0, 0.1) is 6.92 Å². The number of likely N-dealkylation sites (N-methyl/N-ethyl adjacent to an activating group) is 2. The molecule has 0 fully saturated rings. The van der Waals surface area contributed by atoms with Gasteiger partial charge in [0.05, 0.1) is 24.2 Å². The number of para-hydroxylation sites is 1. The summed E-state index contributed by atoms with van der Waals surface area (Å²) >= 11 is 0. The van der Waals surface area contributed by atoms with Gasteiger partial charge in [-0.15, -0.1) is 0 Å². The minimum absolute atomic E-state index is 0.262. The number of methoxy groups -OCH3 is 1. The third-order valence-corrected chi connectivity index (χ3v) is 6.67. The minimum Gasteiger partial charge on any atom is -0.465 e. The van der Waals surface area contributed by atoms with Gasteiger partial charge in [0.15, 0.2) is 0 Å². The predicted octanol–water partition coefficient (Wildman–Crippen LogP) is 4.60. The van der Waals surface area contributed by atoms with Gasteiger partial charge in [0, 0.05) is 61.7 Å². The lowest BCUT2D eigenvalue weighted by Crippen LogP contribution is -2.29. The van der Waals surface area contributed by atoms with Crippen LogP contribution in [0.5, 0.6) is 0 Å². The van der Waals surface area contributed by atoms with Crippen molar-refractivity contribution in [2.45, 2.75) is 6.92 Å². The molecule has 0 atom stereocenters. The highest BCUT2D eigenvalue weighted by Gasteiger charge is 2.21. The van der Waals surface area contributed by atoms with E-state index < -0.39 is 5.97 Å². The highest BCUT2D eigenvalue weighted by molar-refractivity contribution is 6.03. The fourth-order valence-electron chi connectivity index (χ4n) is 4.46. The number of amides is 1. The van der Waals surface area contributed by atoms with E-state index in [2.05, 4.69) is 32.0 Å². The fraction of sp³-hybridized carbons (Fsp3) is 0.267. The molecule has 2 aromatic heterocycles. The number of ether oxygens (including phenoxy) is 1. The third kappa shape index (κ3) is 5.97. The minimum atomic E-state index is -0.523. The predicted molar refractivity (Wildman–Crippen MR) is 160 cm³/mol. The highest BCUT2D eigenvalue weighted by Crippen LogP contribution is 2.35. The Balaban J connectivity index is 1.78. The number of carbonyl (C=O) groups is 2. The number of rotatable bonds is 10. The molecule has 1 amide bonds. The Morgan fingerprint density at radius 3 is 2.58 bits per heavy atom. The number of benzene rings is 2. The molecule has 40 heavy (non-hydrogen) atoms. The molecular formula is C30H35N7O3. The number of carbonyl (C=O) groups excluding carboxylic acids is 2. The van der Waals surface area contributed by atoms with Crippen molar-refractivity contribution in [3.05, 3.63) is 72.6 Å². The van der Waals surface area contributed by atoms with Gasteiger partial charge in [0.2, 0.25) is 11.9 Å². The van der Waals surface area contributed by atoms with Gasteiger partial charge >= 0.3 is 5.97 Å². The van der Waals surface area contributed by atoms with Crippen molar-refractivity contribution in [1.29, 1.82) is 0 Å². The smallest absolute Gasteiger partial charge is 0.341 e. The van der Waals surface area contributed by atoms with Crippen molar-refractivity contribution in [2.24, 2.45) is 7.05 Å². The number of anilines is 4. The number of esters is 1. The van der Waals surface area contributed by atoms with E-state index in [-0.39, 0.29) is 11.5 Å². The van der Waals surface area contributed by atoms with Crippen LogP contribution in [0.4, 0.5) is 23.0 Å². The monoisotopic (exact) mass is 541 g/mol. The molecule has 0 aliphatic heterocycles. The second-order valence-corrected chi connectivity index (χ2v) is 9.85. The van der Waals surface area contributed by atoms with Crippen molar-refractivity contribution in [3.63, 3.8) is 0 Å². The van der Waals surface area contributed by atoms with Crippen LogP contribution in [0.2, 0.25) is 0 Å². The fourth-order valence-corrected chi connectivity index (χ4v) is 4.46.